The topological polar surface area (TPSA) is 12.0 Å². The zero-order valence-corrected chi connectivity index (χ0v) is 10.00. The minimum atomic E-state index is -0.429. The maximum absolute atomic E-state index is 13.3. The van der Waals surface area contributed by atoms with Crippen molar-refractivity contribution in [3.8, 4) is 0 Å². The average Bonchev–Trinajstić information content (AvgIpc) is 2.40. The smallest absolute Gasteiger partial charge is 0.146 e. The molecule has 2 aromatic rings. The van der Waals surface area contributed by atoms with Gasteiger partial charge in [-0.2, -0.15) is 0 Å². The van der Waals surface area contributed by atoms with E-state index in [2.05, 4.69) is 17.4 Å². The van der Waals surface area contributed by atoms with Gasteiger partial charge in [-0.25, -0.2) is 8.78 Å². The molecule has 2 rings (SSSR count). The lowest BCUT2D eigenvalue weighted by Gasteiger charge is -2.07. The maximum atomic E-state index is 13.3. The average molecular weight is 247 g/mol. The van der Waals surface area contributed by atoms with E-state index in [1.807, 2.05) is 18.2 Å². The first-order valence-corrected chi connectivity index (χ1v) is 5.98. The fourth-order valence-corrected chi connectivity index (χ4v) is 1.79. The molecule has 2 aromatic carbocycles. The number of hydrogen-bond acceptors (Lipinski definition) is 1. The van der Waals surface area contributed by atoms with E-state index in [9.17, 15) is 8.78 Å². The lowest BCUT2D eigenvalue weighted by atomic mass is 10.1. The fourth-order valence-electron chi connectivity index (χ4n) is 1.79. The number of benzene rings is 2. The normalized spacial score (nSPS) is 10.3. The van der Waals surface area contributed by atoms with Crippen LogP contribution >= 0.6 is 0 Å². The molecule has 0 fully saturated rings. The molecule has 0 saturated heterocycles. The van der Waals surface area contributed by atoms with Gasteiger partial charge in [-0.05, 0) is 36.6 Å². The van der Waals surface area contributed by atoms with Gasteiger partial charge in [-0.15, -0.1) is 0 Å². The summed E-state index contributed by atoms with van der Waals surface area (Å²) in [5.74, 6) is -0.849. The van der Waals surface area contributed by atoms with E-state index in [0.717, 1.165) is 25.0 Å². The number of anilines is 1. The lowest BCUT2D eigenvalue weighted by Crippen LogP contribution is -2.05. The molecule has 0 aliphatic heterocycles. The van der Waals surface area contributed by atoms with Gasteiger partial charge in [0.2, 0.25) is 0 Å². The van der Waals surface area contributed by atoms with Gasteiger partial charge in [-0.3, -0.25) is 0 Å². The summed E-state index contributed by atoms with van der Waals surface area (Å²) in [5, 5.41) is 2.91. The molecule has 94 valence electrons. The molecule has 0 bridgehead atoms. The van der Waals surface area contributed by atoms with Crippen molar-refractivity contribution in [3.05, 3.63) is 65.7 Å². The molecule has 18 heavy (non-hydrogen) atoms. The van der Waals surface area contributed by atoms with Crippen LogP contribution in [0.1, 0.15) is 12.0 Å². The van der Waals surface area contributed by atoms with Gasteiger partial charge in [0.15, 0.2) is 0 Å². The van der Waals surface area contributed by atoms with Crippen LogP contribution in [0.25, 0.3) is 0 Å². The second-order valence-corrected chi connectivity index (χ2v) is 4.14. The van der Waals surface area contributed by atoms with Crippen molar-refractivity contribution in [3.63, 3.8) is 0 Å². The Labute approximate surface area is 105 Å². The largest absolute Gasteiger partial charge is 0.383 e. The van der Waals surface area contributed by atoms with Gasteiger partial charge in [0.1, 0.15) is 11.6 Å². The summed E-state index contributed by atoms with van der Waals surface area (Å²) < 4.78 is 26.2. The summed E-state index contributed by atoms with van der Waals surface area (Å²) in [7, 11) is 0. The zero-order chi connectivity index (χ0) is 12.8. The van der Waals surface area contributed by atoms with E-state index in [-0.39, 0.29) is 5.69 Å². The third-order valence-corrected chi connectivity index (χ3v) is 2.73. The van der Waals surface area contributed by atoms with Crippen molar-refractivity contribution in [1.29, 1.82) is 0 Å². The zero-order valence-electron chi connectivity index (χ0n) is 10.00. The van der Waals surface area contributed by atoms with Gasteiger partial charge in [-0.1, -0.05) is 30.3 Å². The molecule has 0 saturated carbocycles. The summed E-state index contributed by atoms with van der Waals surface area (Å²) in [6, 6.07) is 13.5. The second kappa shape index (κ2) is 6.15. The Morgan fingerprint density at radius 1 is 0.944 bits per heavy atom. The van der Waals surface area contributed by atoms with Crippen molar-refractivity contribution in [2.45, 2.75) is 12.8 Å². The predicted molar refractivity (Wildman–Crippen MR) is 69.6 cm³/mol. The van der Waals surface area contributed by atoms with E-state index < -0.39 is 11.6 Å². The Morgan fingerprint density at radius 2 is 1.72 bits per heavy atom. The van der Waals surface area contributed by atoms with E-state index >= 15 is 0 Å². The quantitative estimate of drug-likeness (QED) is 0.787. The van der Waals surface area contributed by atoms with Crippen LogP contribution in [0.3, 0.4) is 0 Å². The Hall–Kier alpha value is -1.90. The lowest BCUT2D eigenvalue weighted by molar-refractivity contribution is 0.602. The van der Waals surface area contributed by atoms with Crippen LogP contribution in [-0.4, -0.2) is 6.54 Å². The molecule has 0 atom stereocenters. The van der Waals surface area contributed by atoms with E-state index in [4.69, 9.17) is 0 Å². The van der Waals surface area contributed by atoms with Gasteiger partial charge >= 0.3 is 0 Å². The molecule has 0 aliphatic carbocycles. The van der Waals surface area contributed by atoms with Crippen LogP contribution in [0.2, 0.25) is 0 Å². The van der Waals surface area contributed by atoms with Crippen molar-refractivity contribution < 1.29 is 8.78 Å². The Kier molecular flexibility index (Phi) is 4.29. The number of hydrogen-bond donors (Lipinski definition) is 1. The summed E-state index contributed by atoms with van der Waals surface area (Å²) in [5.41, 5.74) is 1.47. The van der Waals surface area contributed by atoms with Crippen LogP contribution in [0.15, 0.2) is 48.5 Å². The molecule has 1 nitrogen and oxygen atoms in total. The van der Waals surface area contributed by atoms with E-state index in [1.54, 1.807) is 0 Å². The van der Waals surface area contributed by atoms with Crippen molar-refractivity contribution in [2.24, 2.45) is 0 Å². The summed E-state index contributed by atoms with van der Waals surface area (Å²) >= 11 is 0. The molecule has 0 amide bonds. The van der Waals surface area contributed by atoms with Gasteiger partial charge in [0, 0.05) is 6.54 Å². The standard InChI is InChI=1S/C15H15F2N/c16-13-8-9-14(17)15(11-13)18-10-4-7-12-5-2-1-3-6-12/h1-3,5-6,8-9,11,18H,4,7,10H2. The third-order valence-electron chi connectivity index (χ3n) is 2.73. The van der Waals surface area contributed by atoms with Crippen LogP contribution < -0.4 is 5.32 Å². The number of halogens is 2. The third kappa shape index (κ3) is 3.55. The highest BCUT2D eigenvalue weighted by atomic mass is 19.1. The van der Waals surface area contributed by atoms with Crippen LogP contribution in [-0.2, 0) is 6.42 Å². The molecule has 0 aliphatic rings. The first kappa shape index (κ1) is 12.6. The molecule has 3 heteroatoms. The molecule has 0 radical (unpaired) electrons. The summed E-state index contributed by atoms with van der Waals surface area (Å²) in [4.78, 5) is 0. The van der Waals surface area contributed by atoms with Gasteiger partial charge in [0.05, 0.1) is 5.69 Å². The van der Waals surface area contributed by atoms with E-state index in [1.165, 1.54) is 11.6 Å². The molecule has 0 heterocycles. The van der Waals surface area contributed by atoms with Gasteiger partial charge < -0.3 is 5.32 Å². The molecular formula is C15H15F2N. The Morgan fingerprint density at radius 3 is 2.50 bits per heavy atom. The van der Waals surface area contributed by atoms with Crippen molar-refractivity contribution in [2.75, 3.05) is 11.9 Å². The van der Waals surface area contributed by atoms with Crippen molar-refractivity contribution in [1.82, 2.24) is 0 Å². The monoisotopic (exact) mass is 247 g/mol. The fraction of sp³-hybridized carbons (Fsp3) is 0.200. The molecular weight excluding hydrogens is 232 g/mol. The minimum Gasteiger partial charge on any atom is -0.383 e. The Bertz CT molecular complexity index is 497. The highest BCUT2D eigenvalue weighted by molar-refractivity contribution is 5.44. The SMILES string of the molecule is Fc1ccc(F)c(NCCCc2ccccc2)c1. The van der Waals surface area contributed by atoms with Crippen LogP contribution in [0.5, 0.6) is 0 Å². The Balaban J connectivity index is 1.80. The van der Waals surface area contributed by atoms with E-state index in [0.29, 0.717) is 6.54 Å². The first-order chi connectivity index (χ1) is 8.75. The van der Waals surface area contributed by atoms with Crippen molar-refractivity contribution >= 4 is 5.69 Å². The van der Waals surface area contributed by atoms with Gasteiger partial charge in [0.25, 0.3) is 0 Å². The highest BCUT2D eigenvalue weighted by Crippen LogP contribution is 2.15. The van der Waals surface area contributed by atoms with Crippen LogP contribution in [0, 0.1) is 11.6 Å². The molecule has 1 N–H and O–H groups in total. The number of nitrogens with one attached hydrogen (secondary N) is 1. The number of rotatable bonds is 5. The summed E-state index contributed by atoms with van der Waals surface area (Å²) in [6.07, 6.45) is 1.80. The number of aryl methyl sites for hydroxylation is 1. The van der Waals surface area contributed by atoms with Crippen LogP contribution in [0.4, 0.5) is 14.5 Å². The highest BCUT2D eigenvalue weighted by Gasteiger charge is 2.02. The second-order valence-electron chi connectivity index (χ2n) is 4.14. The first-order valence-electron chi connectivity index (χ1n) is 5.98. The minimum absolute atomic E-state index is 0.225. The molecule has 0 spiro atoms. The maximum Gasteiger partial charge on any atom is 0.146 e. The molecule has 0 unspecified atom stereocenters. The molecule has 0 aromatic heterocycles. The predicted octanol–water partition coefficient (Wildman–Crippen LogP) is 4.01. The summed E-state index contributed by atoms with van der Waals surface area (Å²) in [6.45, 7) is 0.620.